The standard InChI is InChI=1S/C9H16N2O3.ClH/c1-6(10)8(12)11-5-3-4-7(11)9(13)14-2;/h6-7H,3-5,10H2,1-2H3;1H. The summed E-state index contributed by atoms with van der Waals surface area (Å²) in [4.78, 5) is 24.4. The lowest BCUT2D eigenvalue weighted by atomic mass is 10.2. The Morgan fingerprint density at radius 1 is 1.53 bits per heavy atom. The van der Waals surface area contributed by atoms with E-state index in [-0.39, 0.29) is 24.3 Å². The lowest BCUT2D eigenvalue weighted by Crippen LogP contribution is -2.47. The van der Waals surface area contributed by atoms with Crippen molar-refractivity contribution in [1.29, 1.82) is 0 Å². The summed E-state index contributed by atoms with van der Waals surface area (Å²) in [5.74, 6) is -0.533. The van der Waals surface area contributed by atoms with Gasteiger partial charge in [-0.2, -0.15) is 0 Å². The Morgan fingerprint density at radius 3 is 2.60 bits per heavy atom. The summed E-state index contributed by atoms with van der Waals surface area (Å²) in [5.41, 5.74) is 5.48. The summed E-state index contributed by atoms with van der Waals surface area (Å²) in [6.45, 7) is 2.22. The lowest BCUT2D eigenvalue weighted by Gasteiger charge is -2.24. The number of hydrogen-bond acceptors (Lipinski definition) is 4. The number of ether oxygens (including phenoxy) is 1. The average Bonchev–Trinajstić information content (AvgIpc) is 2.63. The van der Waals surface area contributed by atoms with Gasteiger partial charge in [-0.05, 0) is 19.8 Å². The van der Waals surface area contributed by atoms with E-state index in [1.54, 1.807) is 6.92 Å². The summed E-state index contributed by atoms with van der Waals surface area (Å²) in [7, 11) is 1.33. The van der Waals surface area contributed by atoms with E-state index in [0.717, 1.165) is 6.42 Å². The second-order valence-electron chi connectivity index (χ2n) is 3.50. The maximum absolute atomic E-state index is 11.6. The van der Waals surface area contributed by atoms with Gasteiger partial charge < -0.3 is 15.4 Å². The predicted molar refractivity (Wildman–Crippen MR) is 57.6 cm³/mol. The minimum Gasteiger partial charge on any atom is -0.467 e. The second-order valence-corrected chi connectivity index (χ2v) is 3.50. The molecule has 1 heterocycles. The number of halogens is 1. The van der Waals surface area contributed by atoms with Crippen LogP contribution in [0.1, 0.15) is 19.8 Å². The molecule has 88 valence electrons. The van der Waals surface area contributed by atoms with Crippen LogP contribution in [0.5, 0.6) is 0 Å². The number of methoxy groups -OCH3 is 1. The molecule has 0 saturated carbocycles. The molecule has 1 amide bonds. The Labute approximate surface area is 95.3 Å². The number of carbonyl (C=O) groups is 2. The maximum Gasteiger partial charge on any atom is 0.328 e. The maximum atomic E-state index is 11.6. The van der Waals surface area contributed by atoms with E-state index in [2.05, 4.69) is 4.74 Å². The van der Waals surface area contributed by atoms with E-state index < -0.39 is 12.1 Å². The second kappa shape index (κ2) is 5.92. The molecule has 1 aliphatic heterocycles. The Balaban J connectivity index is 0.00000196. The highest BCUT2D eigenvalue weighted by atomic mass is 35.5. The Morgan fingerprint density at radius 2 is 2.13 bits per heavy atom. The van der Waals surface area contributed by atoms with Crippen molar-refractivity contribution in [3.63, 3.8) is 0 Å². The van der Waals surface area contributed by atoms with Gasteiger partial charge in [0.05, 0.1) is 13.2 Å². The minimum absolute atomic E-state index is 0. The fraction of sp³-hybridized carbons (Fsp3) is 0.778. The number of rotatable bonds is 2. The van der Waals surface area contributed by atoms with E-state index >= 15 is 0 Å². The van der Waals surface area contributed by atoms with Gasteiger partial charge in [0.15, 0.2) is 0 Å². The first-order valence-electron chi connectivity index (χ1n) is 4.71. The number of amides is 1. The van der Waals surface area contributed by atoms with E-state index in [9.17, 15) is 9.59 Å². The first kappa shape index (κ1) is 14.2. The molecule has 0 aromatic carbocycles. The molecule has 6 heteroatoms. The van der Waals surface area contributed by atoms with Crippen LogP contribution in [0.15, 0.2) is 0 Å². The number of hydrogen-bond donors (Lipinski definition) is 1. The number of carbonyl (C=O) groups excluding carboxylic acids is 2. The zero-order chi connectivity index (χ0) is 10.7. The van der Waals surface area contributed by atoms with Crippen molar-refractivity contribution in [2.75, 3.05) is 13.7 Å². The van der Waals surface area contributed by atoms with Gasteiger partial charge in [0.2, 0.25) is 5.91 Å². The van der Waals surface area contributed by atoms with Crippen LogP contribution in [0.3, 0.4) is 0 Å². The van der Waals surface area contributed by atoms with Crippen LogP contribution < -0.4 is 5.73 Å². The summed E-state index contributed by atoms with van der Waals surface area (Å²) in [6, 6.07) is -0.987. The van der Waals surface area contributed by atoms with Crippen molar-refractivity contribution in [3.8, 4) is 0 Å². The van der Waals surface area contributed by atoms with Gasteiger partial charge in [-0.25, -0.2) is 4.79 Å². The molecule has 0 aromatic heterocycles. The monoisotopic (exact) mass is 236 g/mol. The summed E-state index contributed by atoms with van der Waals surface area (Å²) >= 11 is 0. The first-order valence-corrected chi connectivity index (χ1v) is 4.71. The molecule has 1 fully saturated rings. The van der Waals surface area contributed by atoms with Crippen LogP contribution in [-0.2, 0) is 14.3 Å². The van der Waals surface area contributed by atoms with Gasteiger partial charge in [0.1, 0.15) is 6.04 Å². The molecule has 1 aliphatic rings. The van der Waals surface area contributed by atoms with Crippen molar-refractivity contribution < 1.29 is 14.3 Å². The Hall–Kier alpha value is -0.810. The van der Waals surface area contributed by atoms with Crippen molar-refractivity contribution in [2.24, 2.45) is 5.73 Å². The van der Waals surface area contributed by atoms with E-state index in [4.69, 9.17) is 5.73 Å². The molecule has 1 saturated heterocycles. The Kier molecular flexibility index (Phi) is 5.60. The molecular weight excluding hydrogens is 220 g/mol. The average molecular weight is 237 g/mol. The number of esters is 1. The van der Waals surface area contributed by atoms with Crippen molar-refractivity contribution in [1.82, 2.24) is 4.90 Å². The number of nitrogens with zero attached hydrogens (tertiary/aromatic N) is 1. The van der Waals surface area contributed by atoms with E-state index in [1.807, 2.05) is 0 Å². The van der Waals surface area contributed by atoms with E-state index in [0.29, 0.717) is 13.0 Å². The van der Waals surface area contributed by atoms with Gasteiger partial charge in [-0.1, -0.05) is 0 Å². The topological polar surface area (TPSA) is 72.6 Å². The molecule has 2 N–H and O–H groups in total. The first-order chi connectivity index (χ1) is 6.57. The molecule has 2 unspecified atom stereocenters. The fourth-order valence-corrected chi connectivity index (χ4v) is 1.67. The van der Waals surface area contributed by atoms with Gasteiger partial charge in [-0.15, -0.1) is 12.4 Å². The summed E-state index contributed by atoms with van der Waals surface area (Å²) in [5, 5.41) is 0. The van der Waals surface area contributed by atoms with Crippen molar-refractivity contribution in [3.05, 3.63) is 0 Å². The van der Waals surface area contributed by atoms with Crippen molar-refractivity contribution in [2.45, 2.75) is 31.8 Å². The third kappa shape index (κ3) is 3.07. The van der Waals surface area contributed by atoms with Crippen LogP contribution in [0.4, 0.5) is 0 Å². The predicted octanol–water partition coefficient (Wildman–Crippen LogP) is -0.0806. The SMILES string of the molecule is COC(=O)C1CCCN1C(=O)C(C)N.Cl. The summed E-state index contributed by atoms with van der Waals surface area (Å²) < 4.78 is 4.62. The summed E-state index contributed by atoms with van der Waals surface area (Å²) in [6.07, 6.45) is 1.50. The third-order valence-corrected chi connectivity index (χ3v) is 2.40. The smallest absolute Gasteiger partial charge is 0.328 e. The highest BCUT2D eigenvalue weighted by Gasteiger charge is 2.35. The molecule has 0 aromatic rings. The van der Waals surface area contributed by atoms with Crippen LogP contribution in [0, 0.1) is 0 Å². The van der Waals surface area contributed by atoms with E-state index in [1.165, 1.54) is 12.0 Å². The lowest BCUT2D eigenvalue weighted by molar-refractivity contribution is -0.151. The van der Waals surface area contributed by atoms with Crippen LogP contribution in [-0.4, -0.2) is 42.5 Å². The molecule has 1 rings (SSSR count). The van der Waals surface area contributed by atoms with Crippen LogP contribution >= 0.6 is 12.4 Å². The molecule has 0 radical (unpaired) electrons. The molecule has 5 nitrogen and oxygen atoms in total. The fourth-order valence-electron chi connectivity index (χ4n) is 1.67. The van der Waals surface area contributed by atoms with Gasteiger partial charge >= 0.3 is 5.97 Å². The van der Waals surface area contributed by atoms with Crippen LogP contribution in [0.2, 0.25) is 0 Å². The largest absolute Gasteiger partial charge is 0.467 e. The van der Waals surface area contributed by atoms with Gasteiger partial charge in [0, 0.05) is 6.54 Å². The van der Waals surface area contributed by atoms with Crippen molar-refractivity contribution >= 4 is 24.3 Å². The molecule has 0 aliphatic carbocycles. The highest BCUT2D eigenvalue weighted by molar-refractivity contribution is 5.87. The molecule has 2 atom stereocenters. The normalized spacial score (nSPS) is 21.8. The zero-order valence-corrected chi connectivity index (χ0v) is 9.75. The minimum atomic E-state index is -0.555. The molecule has 0 spiro atoms. The van der Waals surface area contributed by atoms with Gasteiger partial charge in [0.25, 0.3) is 0 Å². The third-order valence-electron chi connectivity index (χ3n) is 2.40. The Bertz CT molecular complexity index is 246. The molecular formula is C9H17ClN2O3. The molecule has 0 bridgehead atoms. The highest BCUT2D eigenvalue weighted by Crippen LogP contribution is 2.18. The zero-order valence-electron chi connectivity index (χ0n) is 8.93. The van der Waals surface area contributed by atoms with Crippen LogP contribution in [0.25, 0.3) is 0 Å². The van der Waals surface area contributed by atoms with Gasteiger partial charge in [-0.3, -0.25) is 4.79 Å². The quantitative estimate of drug-likeness (QED) is 0.681. The number of nitrogens with two attached hydrogens (primary N) is 1. The number of likely N-dealkylation sites (tertiary alicyclic amines) is 1. The molecule has 15 heavy (non-hydrogen) atoms.